The van der Waals surface area contributed by atoms with Crippen molar-refractivity contribution in [2.75, 3.05) is 20.1 Å². The summed E-state index contributed by atoms with van der Waals surface area (Å²) in [4.78, 5) is 2.46. The molecule has 0 unspecified atom stereocenters. The smallest absolute Gasteiger partial charge is 0.00194 e. The molecule has 13 heavy (non-hydrogen) atoms. The molecule has 0 N–H and O–H groups in total. The van der Waals surface area contributed by atoms with Crippen molar-refractivity contribution in [3.63, 3.8) is 0 Å². The first-order valence-corrected chi connectivity index (χ1v) is 5.71. The molecule has 0 aliphatic carbocycles. The standard InChI is InChI=1S/C12H27N/c1-11(2)7-6-9-13(5)10-8-12(3)4/h11-12H,6-10H2,1-5H3. The molecule has 0 saturated carbocycles. The average Bonchev–Trinajstić information content (AvgIpc) is 2.00. The molecular weight excluding hydrogens is 158 g/mol. The monoisotopic (exact) mass is 185 g/mol. The first-order valence-electron chi connectivity index (χ1n) is 5.71. The van der Waals surface area contributed by atoms with Crippen LogP contribution in [0.5, 0.6) is 0 Å². The zero-order valence-electron chi connectivity index (χ0n) is 10.1. The minimum atomic E-state index is 0.840. The normalized spacial score (nSPS) is 12.0. The highest BCUT2D eigenvalue weighted by Gasteiger charge is 2.01. The van der Waals surface area contributed by atoms with E-state index in [9.17, 15) is 0 Å². The highest BCUT2D eigenvalue weighted by atomic mass is 15.1. The molecule has 0 radical (unpaired) electrons. The van der Waals surface area contributed by atoms with Gasteiger partial charge in [0.05, 0.1) is 0 Å². The van der Waals surface area contributed by atoms with Gasteiger partial charge in [0.25, 0.3) is 0 Å². The summed E-state index contributed by atoms with van der Waals surface area (Å²) >= 11 is 0. The van der Waals surface area contributed by atoms with Gasteiger partial charge in [-0.25, -0.2) is 0 Å². The van der Waals surface area contributed by atoms with E-state index in [1.165, 1.54) is 32.4 Å². The van der Waals surface area contributed by atoms with Crippen molar-refractivity contribution in [1.29, 1.82) is 0 Å². The summed E-state index contributed by atoms with van der Waals surface area (Å²) in [6.45, 7) is 11.7. The Kier molecular flexibility index (Phi) is 7.35. The van der Waals surface area contributed by atoms with Crippen molar-refractivity contribution in [1.82, 2.24) is 4.90 Å². The molecule has 0 aliphatic heterocycles. The van der Waals surface area contributed by atoms with E-state index in [0.29, 0.717) is 0 Å². The summed E-state index contributed by atoms with van der Waals surface area (Å²) in [5.41, 5.74) is 0. The van der Waals surface area contributed by atoms with E-state index in [4.69, 9.17) is 0 Å². The summed E-state index contributed by atoms with van der Waals surface area (Å²) in [7, 11) is 2.24. The van der Waals surface area contributed by atoms with Gasteiger partial charge in [0, 0.05) is 0 Å². The molecule has 0 heterocycles. The third-order valence-electron chi connectivity index (χ3n) is 2.41. The minimum Gasteiger partial charge on any atom is -0.306 e. The van der Waals surface area contributed by atoms with E-state index in [1.807, 2.05) is 0 Å². The molecule has 0 bridgehead atoms. The van der Waals surface area contributed by atoms with Crippen LogP contribution in [0.4, 0.5) is 0 Å². The van der Waals surface area contributed by atoms with E-state index in [-0.39, 0.29) is 0 Å². The first-order chi connectivity index (χ1) is 6.02. The highest BCUT2D eigenvalue weighted by Crippen LogP contribution is 2.05. The van der Waals surface area contributed by atoms with Crippen LogP contribution in [0.1, 0.15) is 47.0 Å². The topological polar surface area (TPSA) is 3.24 Å². The van der Waals surface area contributed by atoms with Crippen molar-refractivity contribution in [3.8, 4) is 0 Å². The van der Waals surface area contributed by atoms with Gasteiger partial charge in [-0.05, 0) is 51.2 Å². The van der Waals surface area contributed by atoms with Crippen molar-refractivity contribution in [2.24, 2.45) is 11.8 Å². The summed E-state index contributed by atoms with van der Waals surface area (Å²) in [6, 6.07) is 0. The molecule has 0 rings (SSSR count). The van der Waals surface area contributed by atoms with Gasteiger partial charge in [0.1, 0.15) is 0 Å². The van der Waals surface area contributed by atoms with Crippen LogP contribution < -0.4 is 0 Å². The first kappa shape index (κ1) is 13.0. The molecule has 80 valence electrons. The fourth-order valence-corrected chi connectivity index (χ4v) is 1.36. The molecule has 1 heteroatoms. The molecule has 0 aromatic carbocycles. The number of hydrogen-bond acceptors (Lipinski definition) is 1. The maximum Gasteiger partial charge on any atom is -0.00194 e. The van der Waals surface area contributed by atoms with Crippen LogP contribution in [0.2, 0.25) is 0 Å². The maximum absolute atomic E-state index is 2.46. The van der Waals surface area contributed by atoms with Crippen molar-refractivity contribution < 1.29 is 0 Å². The second kappa shape index (κ2) is 7.37. The minimum absolute atomic E-state index is 0.840. The Morgan fingerprint density at radius 2 is 1.38 bits per heavy atom. The van der Waals surface area contributed by atoms with Crippen molar-refractivity contribution >= 4 is 0 Å². The third-order valence-corrected chi connectivity index (χ3v) is 2.41. The largest absolute Gasteiger partial charge is 0.306 e. The van der Waals surface area contributed by atoms with Gasteiger partial charge in [-0.15, -0.1) is 0 Å². The molecular formula is C12H27N. The van der Waals surface area contributed by atoms with Crippen LogP contribution in [-0.4, -0.2) is 25.0 Å². The van der Waals surface area contributed by atoms with E-state index >= 15 is 0 Å². The molecule has 0 amide bonds. The predicted octanol–water partition coefficient (Wildman–Crippen LogP) is 3.40. The second-order valence-electron chi connectivity index (χ2n) is 5.02. The van der Waals surface area contributed by atoms with Crippen LogP contribution >= 0.6 is 0 Å². The maximum atomic E-state index is 2.46. The Balaban J connectivity index is 3.25. The van der Waals surface area contributed by atoms with Crippen LogP contribution in [-0.2, 0) is 0 Å². The van der Waals surface area contributed by atoms with Gasteiger partial charge >= 0.3 is 0 Å². The average molecular weight is 185 g/mol. The van der Waals surface area contributed by atoms with Gasteiger partial charge in [0.2, 0.25) is 0 Å². The molecule has 0 atom stereocenters. The van der Waals surface area contributed by atoms with Gasteiger partial charge in [-0.1, -0.05) is 27.7 Å². The van der Waals surface area contributed by atoms with Gasteiger partial charge in [0.15, 0.2) is 0 Å². The van der Waals surface area contributed by atoms with Gasteiger partial charge in [-0.2, -0.15) is 0 Å². The van der Waals surface area contributed by atoms with Crippen molar-refractivity contribution in [3.05, 3.63) is 0 Å². The molecule has 0 saturated heterocycles. The van der Waals surface area contributed by atoms with E-state index in [0.717, 1.165) is 11.8 Å². The molecule has 0 aliphatic rings. The van der Waals surface area contributed by atoms with Crippen molar-refractivity contribution in [2.45, 2.75) is 47.0 Å². The summed E-state index contributed by atoms with van der Waals surface area (Å²) in [5, 5.41) is 0. The second-order valence-corrected chi connectivity index (χ2v) is 5.02. The zero-order valence-corrected chi connectivity index (χ0v) is 10.1. The SMILES string of the molecule is CC(C)CCCN(C)CCC(C)C. The van der Waals surface area contributed by atoms with E-state index in [2.05, 4.69) is 39.6 Å². The molecule has 0 fully saturated rings. The Morgan fingerprint density at radius 1 is 0.846 bits per heavy atom. The van der Waals surface area contributed by atoms with Crippen LogP contribution in [0.15, 0.2) is 0 Å². The van der Waals surface area contributed by atoms with Crippen LogP contribution in [0.25, 0.3) is 0 Å². The van der Waals surface area contributed by atoms with E-state index in [1.54, 1.807) is 0 Å². The molecule has 0 aromatic rings. The third kappa shape index (κ3) is 9.88. The van der Waals surface area contributed by atoms with Crippen LogP contribution in [0.3, 0.4) is 0 Å². The van der Waals surface area contributed by atoms with E-state index < -0.39 is 0 Å². The quantitative estimate of drug-likeness (QED) is 0.587. The summed E-state index contributed by atoms with van der Waals surface area (Å²) in [6.07, 6.45) is 4.05. The lowest BCUT2D eigenvalue weighted by molar-refractivity contribution is 0.298. The number of hydrogen-bond donors (Lipinski definition) is 0. The number of rotatable bonds is 7. The summed E-state index contributed by atoms with van der Waals surface area (Å²) < 4.78 is 0. The lowest BCUT2D eigenvalue weighted by atomic mass is 10.1. The lowest BCUT2D eigenvalue weighted by Gasteiger charge is -2.18. The molecule has 1 nitrogen and oxygen atoms in total. The van der Waals surface area contributed by atoms with Crippen LogP contribution in [0, 0.1) is 11.8 Å². The Morgan fingerprint density at radius 3 is 1.85 bits per heavy atom. The molecule has 0 aromatic heterocycles. The Hall–Kier alpha value is -0.0400. The fourth-order valence-electron chi connectivity index (χ4n) is 1.36. The van der Waals surface area contributed by atoms with Gasteiger partial charge < -0.3 is 4.90 Å². The summed E-state index contributed by atoms with van der Waals surface area (Å²) in [5.74, 6) is 1.70. The lowest BCUT2D eigenvalue weighted by Crippen LogP contribution is -2.22. The fraction of sp³-hybridized carbons (Fsp3) is 1.00. The molecule has 0 spiro atoms. The predicted molar refractivity (Wildman–Crippen MR) is 61.0 cm³/mol. The van der Waals surface area contributed by atoms with Gasteiger partial charge in [-0.3, -0.25) is 0 Å². The zero-order chi connectivity index (χ0) is 10.3. The highest BCUT2D eigenvalue weighted by molar-refractivity contribution is 4.55. The number of nitrogens with zero attached hydrogens (tertiary/aromatic N) is 1. The Labute approximate surface area is 84.5 Å². The Bertz CT molecular complexity index is 108.